The van der Waals surface area contributed by atoms with E-state index in [4.69, 9.17) is 5.11 Å². The molecule has 100 valence electrons. The number of rotatable bonds is 7. The van der Waals surface area contributed by atoms with E-state index in [-0.39, 0.29) is 21.6 Å². The minimum absolute atomic E-state index is 0.122. The van der Waals surface area contributed by atoms with Crippen molar-refractivity contribution in [2.45, 2.75) is 19.3 Å². The summed E-state index contributed by atoms with van der Waals surface area (Å²) in [5.41, 5.74) is 0.0740. The van der Waals surface area contributed by atoms with Crippen molar-refractivity contribution in [3.05, 3.63) is 31.6 Å². The quantitative estimate of drug-likeness (QED) is 0.336. The van der Waals surface area contributed by atoms with Crippen molar-refractivity contribution < 1.29 is 14.4 Å². The van der Waals surface area contributed by atoms with Gasteiger partial charge >= 0.3 is 0 Å². The van der Waals surface area contributed by atoms with Crippen molar-refractivity contribution in [3.8, 4) is 0 Å². The molecule has 0 aliphatic carbocycles. The van der Waals surface area contributed by atoms with E-state index >= 15 is 0 Å². The molecule has 0 bridgehead atoms. The lowest BCUT2D eigenvalue weighted by Gasteiger charge is -2.07. The average Bonchev–Trinajstić information content (AvgIpc) is 2.32. The summed E-state index contributed by atoms with van der Waals surface area (Å²) in [6, 6.07) is 2.36. The number of aliphatic hydroxyl groups excluding tert-OH is 1. The lowest BCUT2D eigenvalue weighted by molar-refractivity contribution is -0.384. The number of halogens is 2. The molecule has 0 saturated heterocycles. The molecular formula is C11H14FIN2O3. The summed E-state index contributed by atoms with van der Waals surface area (Å²) in [5, 5.41) is 22.3. The van der Waals surface area contributed by atoms with Crippen LogP contribution < -0.4 is 5.32 Å². The van der Waals surface area contributed by atoms with E-state index in [2.05, 4.69) is 5.32 Å². The summed E-state index contributed by atoms with van der Waals surface area (Å²) >= 11 is 1.72. The van der Waals surface area contributed by atoms with Crippen LogP contribution in [0.4, 0.5) is 15.8 Å². The first-order valence-corrected chi connectivity index (χ1v) is 6.62. The summed E-state index contributed by atoms with van der Waals surface area (Å²) in [6.07, 6.45) is 2.29. The van der Waals surface area contributed by atoms with E-state index in [1.54, 1.807) is 22.6 Å². The second-order valence-corrected chi connectivity index (χ2v) is 4.91. The summed E-state index contributed by atoms with van der Waals surface area (Å²) in [6.45, 7) is 0.652. The number of nitro benzene ring substituents is 1. The molecule has 0 aromatic heterocycles. The Morgan fingerprint density at radius 1 is 1.39 bits per heavy atom. The van der Waals surface area contributed by atoms with E-state index in [1.165, 1.54) is 6.07 Å². The zero-order valence-electron chi connectivity index (χ0n) is 9.66. The van der Waals surface area contributed by atoms with Crippen LogP contribution in [0.15, 0.2) is 12.1 Å². The molecule has 7 heteroatoms. The number of benzene rings is 1. The van der Waals surface area contributed by atoms with Crippen LogP contribution in [0.2, 0.25) is 0 Å². The van der Waals surface area contributed by atoms with Gasteiger partial charge < -0.3 is 10.4 Å². The van der Waals surface area contributed by atoms with Crippen LogP contribution in [0.5, 0.6) is 0 Å². The van der Waals surface area contributed by atoms with Crippen LogP contribution in [0.3, 0.4) is 0 Å². The second kappa shape index (κ2) is 7.47. The standard InChI is InChI=1S/C11H14FIN2O3/c12-8-6-10(14-4-2-1-3-5-16)11(15(17)18)7-9(8)13/h6-7,14,16H,1-5H2. The first-order valence-electron chi connectivity index (χ1n) is 5.54. The van der Waals surface area contributed by atoms with Gasteiger partial charge in [-0.2, -0.15) is 0 Å². The van der Waals surface area contributed by atoms with Crippen LogP contribution in [-0.2, 0) is 0 Å². The molecule has 0 amide bonds. The number of anilines is 1. The van der Waals surface area contributed by atoms with E-state index in [1.807, 2.05) is 0 Å². The Morgan fingerprint density at radius 3 is 2.72 bits per heavy atom. The molecule has 0 saturated carbocycles. The normalized spacial score (nSPS) is 10.4. The van der Waals surface area contributed by atoms with Crippen LogP contribution in [0, 0.1) is 19.5 Å². The third-order valence-corrected chi connectivity index (χ3v) is 3.21. The minimum atomic E-state index is -0.530. The van der Waals surface area contributed by atoms with Gasteiger partial charge in [-0.1, -0.05) is 0 Å². The molecule has 2 N–H and O–H groups in total. The number of hydrogen-bond donors (Lipinski definition) is 2. The minimum Gasteiger partial charge on any atom is -0.396 e. The van der Waals surface area contributed by atoms with Gasteiger partial charge in [0.15, 0.2) is 0 Å². The van der Waals surface area contributed by atoms with Gasteiger partial charge in [0.1, 0.15) is 11.5 Å². The number of aliphatic hydroxyl groups is 1. The first-order chi connectivity index (χ1) is 8.56. The van der Waals surface area contributed by atoms with Crippen molar-refractivity contribution in [2.75, 3.05) is 18.5 Å². The third kappa shape index (κ3) is 4.37. The van der Waals surface area contributed by atoms with Crippen molar-refractivity contribution in [2.24, 2.45) is 0 Å². The lowest BCUT2D eigenvalue weighted by atomic mass is 10.2. The molecule has 0 radical (unpaired) electrons. The van der Waals surface area contributed by atoms with Gasteiger partial charge in [-0.15, -0.1) is 0 Å². The maximum absolute atomic E-state index is 13.3. The largest absolute Gasteiger partial charge is 0.396 e. The van der Waals surface area contributed by atoms with Gasteiger partial charge in [-0.25, -0.2) is 4.39 Å². The van der Waals surface area contributed by atoms with Gasteiger partial charge in [-0.3, -0.25) is 10.1 Å². The van der Waals surface area contributed by atoms with E-state index in [9.17, 15) is 14.5 Å². The Morgan fingerprint density at radius 2 is 2.11 bits per heavy atom. The summed E-state index contributed by atoms with van der Waals surface area (Å²) in [5.74, 6) is -0.473. The number of nitro groups is 1. The van der Waals surface area contributed by atoms with E-state index < -0.39 is 10.7 Å². The molecule has 0 heterocycles. The van der Waals surface area contributed by atoms with Crippen LogP contribution >= 0.6 is 22.6 Å². The predicted molar refractivity (Wildman–Crippen MR) is 75.2 cm³/mol. The van der Waals surface area contributed by atoms with Crippen LogP contribution in [0.1, 0.15) is 19.3 Å². The topological polar surface area (TPSA) is 75.4 Å². The maximum Gasteiger partial charge on any atom is 0.293 e. The summed E-state index contributed by atoms with van der Waals surface area (Å²) in [4.78, 5) is 10.3. The molecule has 1 rings (SSSR count). The Bertz CT molecular complexity index is 429. The second-order valence-electron chi connectivity index (χ2n) is 3.75. The van der Waals surface area contributed by atoms with Crippen molar-refractivity contribution in [1.82, 2.24) is 0 Å². The van der Waals surface area contributed by atoms with Crippen LogP contribution in [-0.4, -0.2) is 23.2 Å². The molecule has 0 fully saturated rings. The lowest BCUT2D eigenvalue weighted by Crippen LogP contribution is -2.05. The number of nitrogens with one attached hydrogen (secondary N) is 1. The van der Waals surface area contributed by atoms with Gasteiger partial charge in [-0.05, 0) is 41.9 Å². The number of nitrogens with zero attached hydrogens (tertiary/aromatic N) is 1. The highest BCUT2D eigenvalue weighted by molar-refractivity contribution is 14.1. The Balaban J connectivity index is 2.68. The van der Waals surface area contributed by atoms with Gasteiger partial charge in [0.2, 0.25) is 0 Å². The van der Waals surface area contributed by atoms with Crippen LogP contribution in [0.25, 0.3) is 0 Å². The number of hydrogen-bond acceptors (Lipinski definition) is 4. The molecule has 0 spiro atoms. The fourth-order valence-corrected chi connectivity index (χ4v) is 1.92. The predicted octanol–water partition coefficient (Wildman–Crippen LogP) is 2.91. The van der Waals surface area contributed by atoms with Gasteiger partial charge in [0.25, 0.3) is 5.69 Å². The fraction of sp³-hybridized carbons (Fsp3) is 0.455. The highest BCUT2D eigenvalue weighted by Crippen LogP contribution is 2.28. The van der Waals surface area contributed by atoms with Crippen molar-refractivity contribution in [3.63, 3.8) is 0 Å². The van der Waals surface area contributed by atoms with Crippen molar-refractivity contribution in [1.29, 1.82) is 0 Å². The van der Waals surface area contributed by atoms with Crippen molar-refractivity contribution >= 4 is 34.0 Å². The zero-order chi connectivity index (χ0) is 13.5. The molecule has 1 aromatic carbocycles. The molecule has 1 aromatic rings. The van der Waals surface area contributed by atoms with Gasteiger partial charge in [0, 0.05) is 25.3 Å². The van der Waals surface area contributed by atoms with E-state index in [0.29, 0.717) is 13.0 Å². The molecule has 0 atom stereocenters. The highest BCUT2D eigenvalue weighted by atomic mass is 127. The first kappa shape index (κ1) is 15.1. The number of unbranched alkanes of at least 4 members (excludes halogenated alkanes) is 2. The highest BCUT2D eigenvalue weighted by Gasteiger charge is 2.16. The molecule has 5 nitrogen and oxygen atoms in total. The van der Waals surface area contributed by atoms with Gasteiger partial charge in [0.05, 0.1) is 8.49 Å². The third-order valence-electron chi connectivity index (χ3n) is 2.39. The Kier molecular flexibility index (Phi) is 6.27. The molecular weight excluding hydrogens is 354 g/mol. The zero-order valence-corrected chi connectivity index (χ0v) is 11.8. The maximum atomic E-state index is 13.3. The molecule has 0 aliphatic heterocycles. The summed E-state index contributed by atoms with van der Waals surface area (Å²) in [7, 11) is 0. The van der Waals surface area contributed by atoms with E-state index in [0.717, 1.165) is 18.9 Å². The molecule has 0 unspecified atom stereocenters. The average molecular weight is 368 g/mol. The summed E-state index contributed by atoms with van der Waals surface area (Å²) < 4.78 is 13.6. The Labute approximate surface area is 118 Å². The smallest absolute Gasteiger partial charge is 0.293 e. The Hall–Kier alpha value is -0.960. The molecule has 0 aliphatic rings. The monoisotopic (exact) mass is 368 g/mol. The fourth-order valence-electron chi connectivity index (χ4n) is 1.47. The SMILES string of the molecule is O=[N+]([O-])c1cc(I)c(F)cc1NCCCCCO. The molecule has 18 heavy (non-hydrogen) atoms.